The summed E-state index contributed by atoms with van der Waals surface area (Å²) in [6.45, 7) is 1.77. The number of aliphatic hydroxyl groups is 1. The molecule has 0 unspecified atom stereocenters. The molecule has 0 bridgehead atoms. The summed E-state index contributed by atoms with van der Waals surface area (Å²) >= 11 is 0. The zero-order chi connectivity index (χ0) is 13.2. The molecule has 3 rings (SSSR count). The van der Waals surface area contributed by atoms with E-state index in [9.17, 15) is 5.11 Å². The molecule has 1 N–H and O–H groups in total. The van der Waals surface area contributed by atoms with Crippen LogP contribution in [0.2, 0.25) is 0 Å². The Bertz CT molecular complexity index is 700. The van der Waals surface area contributed by atoms with Gasteiger partial charge in [-0.15, -0.1) is 0 Å². The first kappa shape index (κ1) is 11.9. The average Bonchev–Trinajstić information content (AvgIpc) is 2.43. The molecule has 0 saturated heterocycles. The van der Waals surface area contributed by atoms with Crippen LogP contribution < -0.4 is 0 Å². The predicted octanol–water partition coefficient (Wildman–Crippen LogP) is 4.39. The molecule has 0 radical (unpaired) electrons. The van der Waals surface area contributed by atoms with Crippen LogP contribution in [-0.4, -0.2) is 11.2 Å². The Balaban J connectivity index is 2.39. The van der Waals surface area contributed by atoms with E-state index in [0.717, 1.165) is 0 Å². The molecule has 94 valence electrons. The lowest BCUT2D eigenvalue weighted by Gasteiger charge is -2.08. The van der Waals surface area contributed by atoms with Gasteiger partial charge in [-0.1, -0.05) is 60.7 Å². The van der Waals surface area contributed by atoms with Gasteiger partial charge < -0.3 is 5.11 Å². The number of aliphatic hydroxyl groups excluding tert-OH is 1. The van der Waals surface area contributed by atoms with Crippen LogP contribution in [0.4, 0.5) is 0 Å². The van der Waals surface area contributed by atoms with Crippen LogP contribution in [0.15, 0.2) is 60.7 Å². The Morgan fingerprint density at radius 2 is 1.42 bits per heavy atom. The third-order valence-electron chi connectivity index (χ3n) is 3.35. The van der Waals surface area contributed by atoms with Crippen molar-refractivity contribution in [1.29, 1.82) is 0 Å². The van der Waals surface area contributed by atoms with Crippen LogP contribution in [0, 0.1) is 0 Å². The summed E-state index contributed by atoms with van der Waals surface area (Å²) in [5.41, 5.74) is 1.18. The average molecular weight is 248 g/mol. The maximum atomic E-state index is 9.47. The lowest BCUT2D eigenvalue weighted by atomic mass is 9.96. The highest BCUT2D eigenvalue weighted by Crippen LogP contribution is 2.29. The maximum Gasteiger partial charge on any atom is 0.0696 e. The number of benzene rings is 3. The minimum absolute atomic E-state index is 0.433. The van der Waals surface area contributed by atoms with Gasteiger partial charge >= 0.3 is 0 Å². The minimum atomic E-state index is -0.433. The maximum absolute atomic E-state index is 9.47. The summed E-state index contributed by atoms with van der Waals surface area (Å²) in [7, 11) is 0. The highest BCUT2D eigenvalue weighted by Gasteiger charge is 2.04. The Labute approximate surface area is 112 Å². The van der Waals surface area contributed by atoms with Crippen LogP contribution in [-0.2, 0) is 0 Å². The lowest BCUT2D eigenvalue weighted by Crippen LogP contribution is -1.92. The van der Waals surface area contributed by atoms with Crippen LogP contribution in [0.3, 0.4) is 0 Å². The summed E-state index contributed by atoms with van der Waals surface area (Å²) in [5, 5.41) is 14.4. The number of rotatable bonds is 2. The summed E-state index contributed by atoms with van der Waals surface area (Å²) in [6.07, 6.45) is 3.42. The van der Waals surface area contributed by atoms with Crippen molar-refractivity contribution < 1.29 is 5.11 Å². The molecule has 1 nitrogen and oxygen atoms in total. The molecule has 0 spiro atoms. The van der Waals surface area contributed by atoms with Gasteiger partial charge in [0.2, 0.25) is 0 Å². The quantitative estimate of drug-likeness (QED) is 0.667. The van der Waals surface area contributed by atoms with Gasteiger partial charge in [-0.2, -0.15) is 0 Å². The van der Waals surface area contributed by atoms with Crippen molar-refractivity contribution in [3.63, 3.8) is 0 Å². The third kappa shape index (κ3) is 2.25. The van der Waals surface area contributed by atoms with Gasteiger partial charge in [-0.05, 0) is 40.1 Å². The summed E-state index contributed by atoms with van der Waals surface area (Å²) in [5.74, 6) is 0. The molecule has 0 heterocycles. The smallest absolute Gasteiger partial charge is 0.0696 e. The van der Waals surface area contributed by atoms with Crippen LogP contribution in [0.5, 0.6) is 0 Å². The van der Waals surface area contributed by atoms with Gasteiger partial charge in [0.05, 0.1) is 6.10 Å². The molecular formula is C18H16O. The van der Waals surface area contributed by atoms with E-state index < -0.39 is 6.10 Å². The Morgan fingerprint density at radius 3 is 1.95 bits per heavy atom. The normalized spacial score (nSPS) is 13.4. The highest BCUT2D eigenvalue weighted by atomic mass is 16.3. The molecule has 1 atom stereocenters. The second-order valence-corrected chi connectivity index (χ2v) is 4.83. The third-order valence-corrected chi connectivity index (χ3v) is 3.35. The topological polar surface area (TPSA) is 20.2 Å². The fourth-order valence-electron chi connectivity index (χ4n) is 2.46. The Hall–Kier alpha value is -2.12. The molecule has 3 aromatic rings. The van der Waals surface area contributed by atoms with E-state index in [-0.39, 0.29) is 0 Å². The van der Waals surface area contributed by atoms with Gasteiger partial charge in [-0.3, -0.25) is 0 Å². The van der Waals surface area contributed by atoms with E-state index in [1.165, 1.54) is 27.1 Å². The number of hydrogen-bond acceptors (Lipinski definition) is 1. The van der Waals surface area contributed by atoms with Gasteiger partial charge in [0.25, 0.3) is 0 Å². The minimum Gasteiger partial charge on any atom is -0.389 e. The molecule has 0 aliphatic heterocycles. The van der Waals surface area contributed by atoms with Gasteiger partial charge in [-0.25, -0.2) is 0 Å². The molecule has 0 aliphatic rings. The van der Waals surface area contributed by atoms with E-state index in [4.69, 9.17) is 0 Å². The first-order valence-electron chi connectivity index (χ1n) is 6.52. The number of fused-ring (bicyclic) bond motifs is 2. The first-order chi connectivity index (χ1) is 9.25. The van der Waals surface area contributed by atoms with Crippen LogP contribution in [0.25, 0.3) is 27.6 Å². The van der Waals surface area contributed by atoms with Crippen molar-refractivity contribution >= 4 is 27.6 Å². The van der Waals surface area contributed by atoms with Crippen molar-refractivity contribution in [2.24, 2.45) is 0 Å². The molecule has 0 amide bonds. The fraction of sp³-hybridized carbons (Fsp3) is 0.111. The number of hydrogen-bond donors (Lipinski definition) is 1. The van der Waals surface area contributed by atoms with Crippen molar-refractivity contribution in [1.82, 2.24) is 0 Å². The second-order valence-electron chi connectivity index (χ2n) is 4.83. The molecule has 0 aliphatic carbocycles. The SMILES string of the molecule is C[C@@H](O)/C=C/c1c2ccccc2cc2ccccc12. The van der Waals surface area contributed by atoms with E-state index in [1.807, 2.05) is 12.2 Å². The molecule has 0 fully saturated rings. The summed E-state index contributed by atoms with van der Waals surface area (Å²) in [6, 6.07) is 18.9. The van der Waals surface area contributed by atoms with Gasteiger partial charge in [0, 0.05) is 0 Å². The molecule has 19 heavy (non-hydrogen) atoms. The lowest BCUT2D eigenvalue weighted by molar-refractivity contribution is 0.245. The first-order valence-corrected chi connectivity index (χ1v) is 6.52. The Kier molecular flexibility index (Phi) is 3.06. The van der Waals surface area contributed by atoms with E-state index in [0.29, 0.717) is 0 Å². The van der Waals surface area contributed by atoms with E-state index in [2.05, 4.69) is 54.6 Å². The standard InChI is InChI=1S/C18H16O/c1-13(19)10-11-18-16-8-4-2-6-14(16)12-15-7-3-5-9-17(15)18/h2-13,19H,1H3/b11-10+/t13-/m1/s1. The molecule has 1 heteroatoms. The zero-order valence-corrected chi connectivity index (χ0v) is 10.9. The van der Waals surface area contributed by atoms with Crippen LogP contribution >= 0.6 is 0 Å². The van der Waals surface area contributed by atoms with Crippen molar-refractivity contribution in [3.8, 4) is 0 Å². The largest absolute Gasteiger partial charge is 0.389 e. The molecule has 0 saturated carbocycles. The zero-order valence-electron chi connectivity index (χ0n) is 10.9. The van der Waals surface area contributed by atoms with Crippen LogP contribution in [0.1, 0.15) is 12.5 Å². The summed E-state index contributed by atoms with van der Waals surface area (Å²) < 4.78 is 0. The van der Waals surface area contributed by atoms with Gasteiger partial charge in [0.1, 0.15) is 0 Å². The monoisotopic (exact) mass is 248 g/mol. The fourth-order valence-corrected chi connectivity index (χ4v) is 2.46. The second kappa shape index (κ2) is 4.87. The van der Waals surface area contributed by atoms with E-state index in [1.54, 1.807) is 6.92 Å². The molecular weight excluding hydrogens is 232 g/mol. The van der Waals surface area contributed by atoms with Crippen molar-refractivity contribution in [2.45, 2.75) is 13.0 Å². The van der Waals surface area contributed by atoms with Crippen molar-refractivity contribution in [2.75, 3.05) is 0 Å². The van der Waals surface area contributed by atoms with Crippen molar-refractivity contribution in [3.05, 3.63) is 66.2 Å². The molecule has 3 aromatic carbocycles. The molecule has 0 aromatic heterocycles. The predicted molar refractivity (Wildman–Crippen MR) is 82.2 cm³/mol. The summed E-state index contributed by atoms with van der Waals surface area (Å²) in [4.78, 5) is 0. The Morgan fingerprint density at radius 1 is 0.895 bits per heavy atom. The van der Waals surface area contributed by atoms with E-state index >= 15 is 0 Å². The van der Waals surface area contributed by atoms with Gasteiger partial charge in [0.15, 0.2) is 0 Å². The highest BCUT2D eigenvalue weighted by molar-refractivity contribution is 6.06.